The fraction of sp³-hybridized carbons (Fsp3) is 0.387. The van der Waals surface area contributed by atoms with E-state index in [1.54, 1.807) is 12.1 Å². The second-order valence-corrected chi connectivity index (χ2v) is 9.60. The second kappa shape index (κ2) is 11.3. The molecule has 2 heteroatoms. The summed E-state index contributed by atoms with van der Waals surface area (Å²) < 4.78 is 14.3. The van der Waals surface area contributed by atoms with E-state index >= 15 is 0 Å². The number of rotatable bonds is 8. The van der Waals surface area contributed by atoms with Gasteiger partial charge in [0.2, 0.25) is 0 Å². The van der Waals surface area contributed by atoms with Crippen molar-refractivity contribution in [2.24, 2.45) is 5.92 Å². The molecule has 0 aliphatic heterocycles. The molecule has 0 saturated heterocycles. The highest BCUT2D eigenvalue weighted by Gasteiger charge is 2.21. The lowest BCUT2D eigenvalue weighted by Crippen LogP contribution is -2.13. The zero-order valence-corrected chi connectivity index (χ0v) is 19.7. The first-order valence-corrected chi connectivity index (χ1v) is 12.5. The van der Waals surface area contributed by atoms with Crippen LogP contribution < -0.4 is 0 Å². The molecule has 0 spiro atoms. The number of hydrogen-bond acceptors (Lipinski definition) is 1. The van der Waals surface area contributed by atoms with Gasteiger partial charge in [-0.05, 0) is 84.7 Å². The monoisotopic (exact) mass is 439 g/mol. The number of hydrogen-bond donors (Lipinski definition) is 0. The van der Waals surface area contributed by atoms with Crippen LogP contribution >= 0.6 is 0 Å². The van der Waals surface area contributed by atoms with Gasteiger partial charge in [0.25, 0.3) is 0 Å². The molecule has 1 aliphatic carbocycles. The summed E-state index contributed by atoms with van der Waals surface area (Å²) in [6, 6.07) is 24.0. The Morgan fingerprint density at radius 3 is 2.06 bits per heavy atom. The van der Waals surface area contributed by atoms with Crippen LogP contribution in [0.25, 0.3) is 11.1 Å². The van der Waals surface area contributed by atoms with Crippen LogP contribution in [0.2, 0.25) is 0 Å². The summed E-state index contributed by atoms with van der Waals surface area (Å²) in [5.74, 6) is 1.35. The highest BCUT2D eigenvalue weighted by Crippen LogP contribution is 2.37. The van der Waals surface area contributed by atoms with E-state index in [-0.39, 0.29) is 5.82 Å². The number of nitrogens with zero attached hydrogens (tertiary/aromatic N) is 1. The topological polar surface area (TPSA) is 23.8 Å². The molecule has 0 bridgehead atoms. The average molecular weight is 440 g/mol. The molecule has 170 valence electrons. The molecule has 1 saturated carbocycles. The van der Waals surface area contributed by atoms with Crippen molar-refractivity contribution in [2.45, 2.75) is 70.6 Å². The summed E-state index contributed by atoms with van der Waals surface area (Å²) >= 11 is 0. The van der Waals surface area contributed by atoms with Crippen LogP contribution in [-0.4, -0.2) is 0 Å². The van der Waals surface area contributed by atoms with Crippen molar-refractivity contribution in [3.8, 4) is 17.2 Å². The van der Waals surface area contributed by atoms with Crippen molar-refractivity contribution >= 4 is 0 Å². The van der Waals surface area contributed by atoms with Gasteiger partial charge in [-0.1, -0.05) is 80.8 Å². The van der Waals surface area contributed by atoms with E-state index in [0.29, 0.717) is 11.1 Å². The Kier molecular flexibility index (Phi) is 7.95. The van der Waals surface area contributed by atoms with Gasteiger partial charge in [-0.3, -0.25) is 0 Å². The highest BCUT2D eigenvalue weighted by molar-refractivity contribution is 5.65. The first-order chi connectivity index (χ1) is 16.2. The molecule has 4 rings (SSSR count). The summed E-state index contributed by atoms with van der Waals surface area (Å²) in [4.78, 5) is 0. The van der Waals surface area contributed by atoms with Crippen molar-refractivity contribution in [3.05, 3.63) is 94.8 Å². The summed E-state index contributed by atoms with van der Waals surface area (Å²) in [5, 5.41) is 8.91. The molecule has 0 radical (unpaired) electrons. The molecular weight excluding hydrogens is 405 g/mol. The van der Waals surface area contributed by atoms with E-state index in [1.807, 2.05) is 18.2 Å². The largest absolute Gasteiger partial charge is 0.206 e. The molecule has 3 aromatic carbocycles. The molecule has 3 aromatic rings. The van der Waals surface area contributed by atoms with Crippen LogP contribution in [0.5, 0.6) is 0 Å². The van der Waals surface area contributed by atoms with Gasteiger partial charge in [0, 0.05) is 5.56 Å². The van der Waals surface area contributed by atoms with Gasteiger partial charge >= 0.3 is 0 Å². The van der Waals surface area contributed by atoms with Gasteiger partial charge in [0.1, 0.15) is 5.82 Å². The molecule has 0 aromatic heterocycles. The molecule has 0 atom stereocenters. The molecule has 33 heavy (non-hydrogen) atoms. The van der Waals surface area contributed by atoms with Gasteiger partial charge in [-0.15, -0.1) is 0 Å². The first kappa shape index (κ1) is 23.2. The third-order valence-corrected chi connectivity index (χ3v) is 7.33. The molecule has 0 N–H and O–H groups in total. The van der Waals surface area contributed by atoms with Gasteiger partial charge in [0.05, 0.1) is 11.6 Å². The van der Waals surface area contributed by atoms with Crippen LogP contribution in [0.15, 0.2) is 66.7 Å². The second-order valence-electron chi connectivity index (χ2n) is 9.60. The summed E-state index contributed by atoms with van der Waals surface area (Å²) in [7, 11) is 0. The van der Waals surface area contributed by atoms with Crippen molar-refractivity contribution in [1.82, 2.24) is 0 Å². The summed E-state index contributed by atoms with van der Waals surface area (Å²) in [5.41, 5.74) is 5.87. The number of nitriles is 1. The van der Waals surface area contributed by atoms with Crippen LogP contribution in [0.1, 0.15) is 80.0 Å². The fourth-order valence-electron chi connectivity index (χ4n) is 5.19. The van der Waals surface area contributed by atoms with E-state index in [9.17, 15) is 4.39 Å². The average Bonchev–Trinajstić information content (AvgIpc) is 2.87. The molecule has 1 aliphatic rings. The van der Waals surface area contributed by atoms with Crippen molar-refractivity contribution in [3.63, 3.8) is 0 Å². The maximum atomic E-state index is 14.3. The molecule has 1 nitrogen and oxygen atoms in total. The predicted octanol–water partition coefficient (Wildman–Crippen LogP) is 8.61. The lowest BCUT2D eigenvalue weighted by atomic mass is 9.77. The number of unbranched alkanes of at least 4 members (excludes halogenated alkanes) is 1. The number of aryl methyl sites for hydroxylation is 2. The lowest BCUT2D eigenvalue weighted by Gasteiger charge is -2.29. The Morgan fingerprint density at radius 2 is 1.48 bits per heavy atom. The van der Waals surface area contributed by atoms with Crippen LogP contribution in [-0.2, 0) is 12.8 Å². The minimum Gasteiger partial charge on any atom is -0.206 e. The van der Waals surface area contributed by atoms with E-state index in [4.69, 9.17) is 5.26 Å². The van der Waals surface area contributed by atoms with E-state index < -0.39 is 0 Å². The van der Waals surface area contributed by atoms with E-state index in [1.165, 1.54) is 67.7 Å². The zero-order valence-electron chi connectivity index (χ0n) is 19.7. The van der Waals surface area contributed by atoms with Crippen molar-refractivity contribution in [2.75, 3.05) is 0 Å². The smallest absolute Gasteiger partial charge is 0.132 e. The van der Waals surface area contributed by atoms with Crippen LogP contribution in [0, 0.1) is 23.1 Å². The van der Waals surface area contributed by atoms with Gasteiger partial charge in [-0.2, -0.15) is 5.26 Å². The highest BCUT2D eigenvalue weighted by atomic mass is 19.1. The third kappa shape index (κ3) is 6.11. The number of benzene rings is 3. The quantitative estimate of drug-likeness (QED) is 0.345. The first-order valence-electron chi connectivity index (χ1n) is 12.5. The van der Waals surface area contributed by atoms with Crippen molar-refractivity contribution in [1.29, 1.82) is 5.26 Å². The SMILES string of the molecule is CCCC[C@H]1CC[C@H](c2ccc(CCc3ccc(-c4ccc(C#N)cc4F)cc3)cc2)CC1. The van der Waals surface area contributed by atoms with Gasteiger partial charge in [0.15, 0.2) is 0 Å². The maximum Gasteiger partial charge on any atom is 0.132 e. The Balaban J connectivity index is 1.29. The van der Waals surface area contributed by atoms with E-state index in [0.717, 1.165) is 30.2 Å². The maximum absolute atomic E-state index is 14.3. The molecule has 0 amide bonds. The Morgan fingerprint density at radius 1 is 0.848 bits per heavy atom. The van der Waals surface area contributed by atoms with Crippen LogP contribution in [0.4, 0.5) is 4.39 Å². The summed E-state index contributed by atoms with van der Waals surface area (Å²) in [6.07, 6.45) is 11.6. The standard InChI is InChI=1S/C31H34FN/c1-2-3-4-23-7-14-27(15-8-23)28-16-9-24(10-17-28)5-6-25-11-18-29(19-12-25)30-20-13-26(22-33)21-31(30)32/h9-13,16-21,23,27H,2-8,14-15H2,1H3/t23-,27-. The molecule has 1 fully saturated rings. The molecular formula is C31H34FN. The fourth-order valence-corrected chi connectivity index (χ4v) is 5.19. The lowest BCUT2D eigenvalue weighted by molar-refractivity contribution is 0.304. The summed E-state index contributed by atoms with van der Waals surface area (Å²) in [6.45, 7) is 2.29. The zero-order chi connectivity index (χ0) is 23.0. The van der Waals surface area contributed by atoms with Gasteiger partial charge < -0.3 is 0 Å². The van der Waals surface area contributed by atoms with Crippen LogP contribution in [0.3, 0.4) is 0 Å². The normalized spacial score (nSPS) is 18.1. The Labute approximate surface area is 198 Å². The third-order valence-electron chi connectivity index (χ3n) is 7.33. The predicted molar refractivity (Wildman–Crippen MR) is 135 cm³/mol. The number of halogens is 1. The Hall–Kier alpha value is -2.92. The van der Waals surface area contributed by atoms with Gasteiger partial charge in [-0.25, -0.2) is 4.39 Å². The van der Waals surface area contributed by atoms with E-state index in [2.05, 4.69) is 43.3 Å². The minimum absolute atomic E-state index is 0.346. The molecule has 0 heterocycles. The Bertz CT molecular complexity index is 1070. The molecule has 0 unspecified atom stereocenters. The van der Waals surface area contributed by atoms with Crippen molar-refractivity contribution < 1.29 is 4.39 Å². The minimum atomic E-state index is -0.351.